The fraction of sp³-hybridized carbons (Fsp3) is 0.533. The third-order valence-electron chi connectivity index (χ3n) is 4.15. The van der Waals surface area contributed by atoms with Crippen molar-refractivity contribution < 1.29 is 9.90 Å². The molecule has 1 fully saturated rings. The summed E-state index contributed by atoms with van der Waals surface area (Å²) in [5.74, 6) is -0.936. The molecule has 1 heterocycles. The van der Waals surface area contributed by atoms with Crippen LogP contribution in [0.1, 0.15) is 31.4 Å². The predicted octanol–water partition coefficient (Wildman–Crippen LogP) is 2.68. The van der Waals surface area contributed by atoms with Crippen LogP contribution < -0.4 is 0 Å². The summed E-state index contributed by atoms with van der Waals surface area (Å²) in [6, 6.07) is 8.46. The van der Waals surface area contributed by atoms with Crippen LogP contribution >= 0.6 is 0 Å². The lowest BCUT2D eigenvalue weighted by Gasteiger charge is -2.34. The maximum absolute atomic E-state index is 11.2. The minimum Gasteiger partial charge on any atom is -0.481 e. The molecule has 2 rings (SSSR count). The summed E-state index contributed by atoms with van der Waals surface area (Å²) in [5, 5.41) is 9.24. The first kappa shape index (κ1) is 13.1. The maximum Gasteiger partial charge on any atom is 0.308 e. The first-order valence-electron chi connectivity index (χ1n) is 6.44. The van der Waals surface area contributed by atoms with Crippen LogP contribution in [0.3, 0.4) is 0 Å². The molecule has 1 aromatic carbocycles. The van der Waals surface area contributed by atoms with Gasteiger partial charge in [0.25, 0.3) is 0 Å². The quantitative estimate of drug-likeness (QED) is 0.892. The molecule has 0 aliphatic carbocycles. The molecule has 0 saturated carbocycles. The molecule has 3 nitrogen and oxygen atoms in total. The Morgan fingerprint density at radius 3 is 2.50 bits per heavy atom. The molecule has 98 valence electrons. The van der Waals surface area contributed by atoms with Crippen LogP contribution in [-0.2, 0) is 11.3 Å². The molecule has 1 unspecified atom stereocenters. The monoisotopic (exact) mass is 247 g/mol. The first-order valence-corrected chi connectivity index (χ1v) is 6.44. The van der Waals surface area contributed by atoms with E-state index in [1.165, 1.54) is 11.1 Å². The lowest BCUT2D eigenvalue weighted by molar-refractivity contribution is -0.144. The summed E-state index contributed by atoms with van der Waals surface area (Å²) < 4.78 is 0. The Hall–Kier alpha value is -1.35. The summed E-state index contributed by atoms with van der Waals surface area (Å²) in [6.07, 6.45) is 0.744. The van der Waals surface area contributed by atoms with Gasteiger partial charge >= 0.3 is 5.97 Å². The van der Waals surface area contributed by atoms with E-state index in [2.05, 4.69) is 36.1 Å². The van der Waals surface area contributed by atoms with E-state index in [1.54, 1.807) is 0 Å². The van der Waals surface area contributed by atoms with Crippen LogP contribution in [0.2, 0.25) is 0 Å². The smallest absolute Gasteiger partial charge is 0.308 e. The molecule has 0 aromatic heterocycles. The molecule has 1 aromatic rings. The van der Waals surface area contributed by atoms with Crippen molar-refractivity contribution in [3.8, 4) is 0 Å². The van der Waals surface area contributed by atoms with Crippen molar-refractivity contribution in [3.63, 3.8) is 0 Å². The molecule has 0 bridgehead atoms. The van der Waals surface area contributed by atoms with Gasteiger partial charge in [0.1, 0.15) is 0 Å². The zero-order valence-corrected chi connectivity index (χ0v) is 11.3. The highest BCUT2D eigenvalue weighted by Crippen LogP contribution is 2.35. The van der Waals surface area contributed by atoms with E-state index in [9.17, 15) is 9.90 Å². The molecule has 1 aliphatic heterocycles. The fourth-order valence-electron chi connectivity index (χ4n) is 2.77. The number of hydrogen-bond acceptors (Lipinski definition) is 2. The third kappa shape index (κ3) is 2.41. The van der Waals surface area contributed by atoms with E-state index in [0.717, 1.165) is 19.5 Å². The highest BCUT2D eigenvalue weighted by Gasteiger charge is 2.44. The Labute approximate surface area is 108 Å². The van der Waals surface area contributed by atoms with E-state index in [1.807, 2.05) is 13.8 Å². The van der Waals surface area contributed by atoms with Crippen LogP contribution in [-0.4, -0.2) is 28.1 Å². The summed E-state index contributed by atoms with van der Waals surface area (Å²) in [7, 11) is 0. The van der Waals surface area contributed by atoms with Crippen LogP contribution in [0.25, 0.3) is 0 Å². The number of nitrogens with zero attached hydrogens (tertiary/aromatic N) is 1. The number of carboxylic acid groups (broad SMARTS) is 1. The Morgan fingerprint density at radius 1 is 1.39 bits per heavy atom. The Bertz CT molecular complexity index is 436. The lowest BCUT2D eigenvalue weighted by Crippen LogP contribution is -2.44. The summed E-state index contributed by atoms with van der Waals surface area (Å²) >= 11 is 0. The standard InChI is InChI=1S/C15H21NO2/c1-11-4-6-12(7-5-11)10-16-9-8-13(14(17)18)15(16,2)3/h4-7,13H,8-10H2,1-3H3,(H,17,18). The van der Waals surface area contributed by atoms with Gasteiger partial charge in [0.15, 0.2) is 0 Å². The van der Waals surface area contributed by atoms with Crippen molar-refractivity contribution in [3.05, 3.63) is 35.4 Å². The van der Waals surface area contributed by atoms with Crippen molar-refractivity contribution in [1.82, 2.24) is 4.90 Å². The van der Waals surface area contributed by atoms with Crippen molar-refractivity contribution >= 4 is 5.97 Å². The minimum atomic E-state index is -0.675. The summed E-state index contributed by atoms with van der Waals surface area (Å²) in [6.45, 7) is 7.83. The second-order valence-electron chi connectivity index (χ2n) is 5.74. The molecule has 1 atom stereocenters. The van der Waals surface area contributed by atoms with Gasteiger partial charge < -0.3 is 5.11 Å². The van der Waals surface area contributed by atoms with E-state index in [0.29, 0.717) is 0 Å². The molecule has 3 heteroatoms. The first-order chi connectivity index (χ1) is 8.41. The number of hydrogen-bond donors (Lipinski definition) is 1. The van der Waals surface area contributed by atoms with E-state index in [-0.39, 0.29) is 11.5 Å². The maximum atomic E-state index is 11.2. The van der Waals surface area contributed by atoms with Gasteiger partial charge in [0.2, 0.25) is 0 Å². The predicted molar refractivity (Wildman–Crippen MR) is 71.4 cm³/mol. The topological polar surface area (TPSA) is 40.5 Å². The van der Waals surface area contributed by atoms with Gasteiger partial charge in [-0.3, -0.25) is 9.69 Å². The average Bonchev–Trinajstić information content (AvgIpc) is 2.58. The molecule has 1 saturated heterocycles. The van der Waals surface area contributed by atoms with Gasteiger partial charge in [0, 0.05) is 12.1 Å². The van der Waals surface area contributed by atoms with Gasteiger partial charge in [-0.2, -0.15) is 0 Å². The van der Waals surface area contributed by atoms with Crippen LogP contribution in [0.4, 0.5) is 0 Å². The molecule has 1 aliphatic rings. The molecule has 18 heavy (non-hydrogen) atoms. The highest BCUT2D eigenvalue weighted by atomic mass is 16.4. The number of likely N-dealkylation sites (tertiary alicyclic amines) is 1. The number of rotatable bonds is 3. The zero-order valence-electron chi connectivity index (χ0n) is 11.3. The van der Waals surface area contributed by atoms with E-state index >= 15 is 0 Å². The van der Waals surface area contributed by atoms with Crippen LogP contribution in [0.15, 0.2) is 24.3 Å². The highest BCUT2D eigenvalue weighted by molar-refractivity contribution is 5.72. The van der Waals surface area contributed by atoms with Gasteiger partial charge in [-0.1, -0.05) is 29.8 Å². The number of carboxylic acids is 1. The Balaban J connectivity index is 2.11. The van der Waals surface area contributed by atoms with Gasteiger partial charge in [-0.25, -0.2) is 0 Å². The van der Waals surface area contributed by atoms with Crippen LogP contribution in [0.5, 0.6) is 0 Å². The van der Waals surface area contributed by atoms with Crippen molar-refractivity contribution in [2.45, 2.75) is 39.3 Å². The van der Waals surface area contributed by atoms with E-state index in [4.69, 9.17) is 0 Å². The number of aryl methyl sites for hydroxylation is 1. The Morgan fingerprint density at radius 2 is 2.00 bits per heavy atom. The molecular formula is C15H21NO2. The van der Waals surface area contributed by atoms with E-state index < -0.39 is 5.97 Å². The summed E-state index contributed by atoms with van der Waals surface area (Å²) in [4.78, 5) is 13.5. The number of aliphatic carboxylic acids is 1. The second-order valence-corrected chi connectivity index (χ2v) is 5.74. The van der Waals surface area contributed by atoms with Crippen molar-refractivity contribution in [2.24, 2.45) is 5.92 Å². The lowest BCUT2D eigenvalue weighted by atomic mass is 9.88. The van der Waals surface area contributed by atoms with Crippen molar-refractivity contribution in [1.29, 1.82) is 0 Å². The zero-order chi connectivity index (χ0) is 13.3. The third-order valence-corrected chi connectivity index (χ3v) is 4.15. The largest absolute Gasteiger partial charge is 0.481 e. The van der Waals surface area contributed by atoms with Gasteiger partial charge in [-0.15, -0.1) is 0 Å². The minimum absolute atomic E-state index is 0.261. The Kier molecular flexibility index (Phi) is 3.44. The van der Waals surface area contributed by atoms with Crippen LogP contribution in [0, 0.1) is 12.8 Å². The molecular weight excluding hydrogens is 226 g/mol. The van der Waals surface area contributed by atoms with Crippen molar-refractivity contribution in [2.75, 3.05) is 6.54 Å². The van der Waals surface area contributed by atoms with Gasteiger partial charge in [-0.05, 0) is 39.3 Å². The number of carbonyl (C=O) groups is 1. The normalized spacial score (nSPS) is 23.2. The SMILES string of the molecule is Cc1ccc(CN2CCC(C(=O)O)C2(C)C)cc1. The van der Waals surface area contributed by atoms with Gasteiger partial charge in [0.05, 0.1) is 5.92 Å². The molecule has 1 N–H and O–H groups in total. The number of benzene rings is 1. The summed E-state index contributed by atoms with van der Waals surface area (Å²) in [5.41, 5.74) is 2.24. The molecule has 0 radical (unpaired) electrons. The molecule has 0 spiro atoms. The fourth-order valence-corrected chi connectivity index (χ4v) is 2.77. The second kappa shape index (κ2) is 4.73. The average molecular weight is 247 g/mol. The molecule has 0 amide bonds.